The number of benzene rings is 1. The van der Waals surface area contributed by atoms with Gasteiger partial charge in [-0.3, -0.25) is 0 Å². The molecule has 1 aromatic rings. The first-order valence-electron chi connectivity index (χ1n) is 8.65. The highest BCUT2D eigenvalue weighted by molar-refractivity contribution is 5.45. The van der Waals surface area contributed by atoms with Crippen LogP contribution in [0.3, 0.4) is 0 Å². The third-order valence-corrected chi connectivity index (χ3v) is 5.49. The van der Waals surface area contributed by atoms with E-state index in [1.54, 1.807) is 0 Å². The molecule has 1 aromatic carbocycles. The van der Waals surface area contributed by atoms with Crippen molar-refractivity contribution in [3.05, 3.63) is 29.3 Å². The van der Waals surface area contributed by atoms with Gasteiger partial charge in [0, 0.05) is 30.6 Å². The molecular formula is C19H30N2O. The molecule has 0 aliphatic carbocycles. The molecule has 3 rings (SSSR count). The normalized spacial score (nSPS) is 31.4. The van der Waals surface area contributed by atoms with Crippen LogP contribution < -0.4 is 10.5 Å². The number of para-hydroxylation sites is 1. The lowest BCUT2D eigenvalue weighted by atomic mass is 9.77. The third kappa shape index (κ3) is 2.89. The van der Waals surface area contributed by atoms with E-state index in [0.29, 0.717) is 5.92 Å². The van der Waals surface area contributed by atoms with E-state index in [-0.39, 0.29) is 11.6 Å². The van der Waals surface area contributed by atoms with Gasteiger partial charge in [-0.2, -0.15) is 0 Å². The third-order valence-electron chi connectivity index (χ3n) is 5.49. The van der Waals surface area contributed by atoms with E-state index in [4.69, 9.17) is 10.5 Å². The lowest BCUT2D eigenvalue weighted by Crippen LogP contribution is -2.53. The summed E-state index contributed by atoms with van der Waals surface area (Å²) in [5, 5.41) is 0. The van der Waals surface area contributed by atoms with Crippen molar-refractivity contribution in [3.8, 4) is 5.75 Å². The van der Waals surface area contributed by atoms with Crippen LogP contribution >= 0.6 is 0 Å². The van der Waals surface area contributed by atoms with Crippen LogP contribution in [-0.2, 0) is 0 Å². The fourth-order valence-electron chi connectivity index (χ4n) is 4.13. The fourth-order valence-corrected chi connectivity index (χ4v) is 4.13. The van der Waals surface area contributed by atoms with Crippen molar-refractivity contribution >= 4 is 0 Å². The van der Waals surface area contributed by atoms with E-state index in [1.165, 1.54) is 37.1 Å². The predicted octanol–water partition coefficient (Wildman–Crippen LogP) is 3.51. The number of hydrogen-bond donors (Lipinski definition) is 1. The molecule has 22 heavy (non-hydrogen) atoms. The van der Waals surface area contributed by atoms with E-state index in [2.05, 4.69) is 50.8 Å². The first-order valence-corrected chi connectivity index (χ1v) is 8.65. The molecule has 0 aromatic heterocycles. The van der Waals surface area contributed by atoms with Crippen LogP contribution in [0.4, 0.5) is 0 Å². The van der Waals surface area contributed by atoms with Crippen LogP contribution in [0.1, 0.15) is 50.8 Å². The molecule has 3 atom stereocenters. The van der Waals surface area contributed by atoms with Gasteiger partial charge in [0.25, 0.3) is 0 Å². The Morgan fingerprint density at radius 2 is 2.14 bits per heavy atom. The Bertz CT molecular complexity index is 540. The lowest BCUT2D eigenvalue weighted by molar-refractivity contribution is -0.0126. The van der Waals surface area contributed by atoms with E-state index < -0.39 is 0 Å². The number of hydrogen-bond acceptors (Lipinski definition) is 3. The molecule has 122 valence electrons. The minimum Gasteiger partial charge on any atom is -0.487 e. The maximum atomic E-state index is 6.68. The molecule has 2 heterocycles. The molecule has 3 heteroatoms. The van der Waals surface area contributed by atoms with Crippen LogP contribution in [0.5, 0.6) is 5.75 Å². The zero-order valence-electron chi connectivity index (χ0n) is 14.4. The van der Waals surface area contributed by atoms with Crippen LogP contribution in [0.25, 0.3) is 0 Å². The number of rotatable bonds is 2. The zero-order chi connectivity index (χ0) is 15.9. The Kier molecular flexibility index (Phi) is 4.21. The highest BCUT2D eigenvalue weighted by Crippen LogP contribution is 2.44. The second-order valence-corrected chi connectivity index (χ2v) is 7.84. The number of fused-ring (bicyclic) bond motifs is 1. The van der Waals surface area contributed by atoms with Gasteiger partial charge in [0.15, 0.2) is 0 Å². The molecule has 1 saturated heterocycles. The summed E-state index contributed by atoms with van der Waals surface area (Å²) >= 11 is 0. The summed E-state index contributed by atoms with van der Waals surface area (Å²) in [6.45, 7) is 12.3. The van der Waals surface area contributed by atoms with E-state index in [1.807, 2.05) is 0 Å². The van der Waals surface area contributed by atoms with Crippen molar-refractivity contribution in [3.63, 3.8) is 0 Å². The molecule has 0 radical (unpaired) electrons. The Morgan fingerprint density at radius 1 is 1.36 bits per heavy atom. The van der Waals surface area contributed by atoms with Gasteiger partial charge in [0.1, 0.15) is 11.4 Å². The van der Waals surface area contributed by atoms with E-state index >= 15 is 0 Å². The molecule has 2 aliphatic heterocycles. The fraction of sp³-hybridized carbons (Fsp3) is 0.684. The largest absolute Gasteiger partial charge is 0.487 e. The van der Waals surface area contributed by atoms with Crippen molar-refractivity contribution in [2.24, 2.45) is 17.6 Å². The monoisotopic (exact) mass is 302 g/mol. The van der Waals surface area contributed by atoms with E-state index in [0.717, 1.165) is 18.2 Å². The van der Waals surface area contributed by atoms with Gasteiger partial charge in [0.2, 0.25) is 0 Å². The Labute approximate surface area is 134 Å². The second-order valence-electron chi connectivity index (χ2n) is 7.84. The number of likely N-dealkylation sites (tertiary alicyclic amines) is 1. The molecule has 2 N–H and O–H groups in total. The number of piperidine rings is 1. The Hall–Kier alpha value is -1.06. The standard InChI is InChI=1S/C19H30N2O/c1-13-7-6-10-21(11-13)12-16-17(20)15-9-5-8-14(2)18(15)22-19(16,3)4/h5,8-9,13,16-17H,6-7,10-12,20H2,1-4H3. The average molecular weight is 302 g/mol. The van der Waals surface area contributed by atoms with Crippen LogP contribution in [0, 0.1) is 18.8 Å². The molecule has 3 unspecified atom stereocenters. The van der Waals surface area contributed by atoms with Crippen molar-refractivity contribution in [1.82, 2.24) is 4.90 Å². The summed E-state index contributed by atoms with van der Waals surface area (Å²) < 4.78 is 6.39. The van der Waals surface area contributed by atoms with Gasteiger partial charge in [-0.05, 0) is 51.6 Å². The molecule has 3 nitrogen and oxygen atoms in total. The van der Waals surface area contributed by atoms with Crippen molar-refractivity contribution in [2.45, 2.75) is 52.2 Å². The first kappa shape index (κ1) is 15.8. The van der Waals surface area contributed by atoms with Crippen LogP contribution in [0.2, 0.25) is 0 Å². The minimum atomic E-state index is -0.223. The first-order chi connectivity index (χ1) is 10.4. The number of ether oxygens (including phenoxy) is 1. The smallest absolute Gasteiger partial charge is 0.127 e. The van der Waals surface area contributed by atoms with Gasteiger partial charge in [-0.25, -0.2) is 0 Å². The van der Waals surface area contributed by atoms with Crippen LogP contribution in [0.15, 0.2) is 18.2 Å². The van der Waals surface area contributed by atoms with E-state index in [9.17, 15) is 0 Å². The molecule has 0 amide bonds. The molecule has 2 aliphatic rings. The van der Waals surface area contributed by atoms with Gasteiger partial charge >= 0.3 is 0 Å². The summed E-state index contributed by atoms with van der Waals surface area (Å²) in [4.78, 5) is 2.59. The molecule has 1 fully saturated rings. The summed E-state index contributed by atoms with van der Waals surface area (Å²) in [5.41, 5.74) is 8.82. The number of nitrogens with two attached hydrogens (primary N) is 1. The van der Waals surface area contributed by atoms with Gasteiger partial charge in [-0.1, -0.05) is 25.1 Å². The maximum absolute atomic E-state index is 6.68. The summed E-state index contributed by atoms with van der Waals surface area (Å²) in [5.74, 6) is 2.13. The van der Waals surface area contributed by atoms with Gasteiger partial charge in [-0.15, -0.1) is 0 Å². The predicted molar refractivity (Wildman–Crippen MR) is 91.1 cm³/mol. The van der Waals surface area contributed by atoms with Crippen molar-refractivity contribution < 1.29 is 4.74 Å². The lowest BCUT2D eigenvalue weighted by Gasteiger charge is -2.46. The maximum Gasteiger partial charge on any atom is 0.127 e. The molecular weight excluding hydrogens is 272 g/mol. The topological polar surface area (TPSA) is 38.5 Å². The summed E-state index contributed by atoms with van der Waals surface area (Å²) in [6.07, 6.45) is 2.66. The Morgan fingerprint density at radius 3 is 2.86 bits per heavy atom. The van der Waals surface area contributed by atoms with Gasteiger partial charge in [0.05, 0.1) is 0 Å². The van der Waals surface area contributed by atoms with Crippen LogP contribution in [-0.4, -0.2) is 30.1 Å². The zero-order valence-corrected chi connectivity index (χ0v) is 14.4. The number of aryl methyl sites for hydroxylation is 1. The Balaban J connectivity index is 1.84. The van der Waals surface area contributed by atoms with Crippen molar-refractivity contribution in [2.75, 3.05) is 19.6 Å². The number of nitrogens with zero attached hydrogens (tertiary/aromatic N) is 1. The molecule has 0 spiro atoms. The average Bonchev–Trinajstić information content (AvgIpc) is 2.45. The SMILES string of the molecule is Cc1cccc2c1OC(C)(C)C(CN1CCCC(C)C1)C2N. The second kappa shape index (κ2) is 5.86. The molecule has 0 saturated carbocycles. The van der Waals surface area contributed by atoms with Crippen molar-refractivity contribution in [1.29, 1.82) is 0 Å². The molecule has 0 bridgehead atoms. The summed E-state index contributed by atoms with van der Waals surface area (Å²) in [7, 11) is 0. The highest BCUT2D eigenvalue weighted by atomic mass is 16.5. The highest BCUT2D eigenvalue weighted by Gasteiger charge is 2.43. The van der Waals surface area contributed by atoms with Gasteiger partial charge < -0.3 is 15.4 Å². The minimum absolute atomic E-state index is 0.0517. The quantitative estimate of drug-likeness (QED) is 0.908. The summed E-state index contributed by atoms with van der Waals surface area (Å²) in [6, 6.07) is 6.38.